The second kappa shape index (κ2) is 13.2. The van der Waals surface area contributed by atoms with Crippen molar-refractivity contribution in [3.63, 3.8) is 0 Å². The van der Waals surface area contributed by atoms with Gasteiger partial charge in [-0.3, -0.25) is 24.0 Å². The number of amides is 5. The molecule has 13 heteroatoms. The number of rotatable bonds is 11. The van der Waals surface area contributed by atoms with E-state index in [1.54, 1.807) is 12.1 Å². The van der Waals surface area contributed by atoms with Crippen molar-refractivity contribution in [1.82, 2.24) is 26.2 Å². The molecule has 0 unspecified atom stereocenters. The van der Waals surface area contributed by atoms with Crippen LogP contribution in [-0.4, -0.2) is 87.9 Å². The van der Waals surface area contributed by atoms with Crippen molar-refractivity contribution in [2.45, 2.75) is 64.2 Å². The molecule has 1 aromatic rings. The van der Waals surface area contributed by atoms with Gasteiger partial charge < -0.3 is 36.4 Å². The summed E-state index contributed by atoms with van der Waals surface area (Å²) in [4.78, 5) is 73.9. The quantitative estimate of drug-likeness (QED) is 0.206. The van der Waals surface area contributed by atoms with Gasteiger partial charge in [-0.25, -0.2) is 4.79 Å². The number of aromatic hydroxyl groups is 1. The van der Waals surface area contributed by atoms with E-state index in [1.165, 1.54) is 37.8 Å². The molecular formula is C24H33N5O8. The van der Waals surface area contributed by atoms with Crippen LogP contribution in [0.5, 0.6) is 5.75 Å². The Morgan fingerprint density at radius 1 is 0.946 bits per heavy atom. The summed E-state index contributed by atoms with van der Waals surface area (Å²) < 4.78 is 0. The highest BCUT2D eigenvalue weighted by molar-refractivity contribution is 5.95. The molecule has 0 saturated carbocycles. The van der Waals surface area contributed by atoms with Crippen molar-refractivity contribution in [3.8, 4) is 5.75 Å². The Kier molecular flexibility index (Phi) is 10.4. The van der Waals surface area contributed by atoms with Crippen LogP contribution in [0, 0.1) is 0 Å². The first-order valence-corrected chi connectivity index (χ1v) is 11.8. The van der Waals surface area contributed by atoms with Gasteiger partial charge in [0.25, 0.3) is 0 Å². The molecule has 0 spiro atoms. The first kappa shape index (κ1) is 29.1. The van der Waals surface area contributed by atoms with Gasteiger partial charge in [0.15, 0.2) is 0 Å². The molecule has 6 N–H and O–H groups in total. The summed E-state index contributed by atoms with van der Waals surface area (Å²) in [5.41, 5.74) is 0.673. The van der Waals surface area contributed by atoms with E-state index in [1.807, 2.05) is 0 Å². The van der Waals surface area contributed by atoms with E-state index in [9.17, 15) is 39.0 Å². The Hall–Kier alpha value is -4.16. The Bertz CT molecular complexity index is 1030. The maximum atomic E-state index is 12.7. The molecule has 5 amide bonds. The van der Waals surface area contributed by atoms with Crippen molar-refractivity contribution < 1.29 is 39.0 Å². The molecule has 1 heterocycles. The van der Waals surface area contributed by atoms with Crippen molar-refractivity contribution in [2.75, 3.05) is 13.1 Å². The van der Waals surface area contributed by atoms with Gasteiger partial charge in [-0.05, 0) is 44.4 Å². The molecule has 37 heavy (non-hydrogen) atoms. The number of nitrogens with one attached hydrogen (secondary N) is 4. The summed E-state index contributed by atoms with van der Waals surface area (Å²) in [7, 11) is 0. The molecule has 1 aliphatic heterocycles. The number of carbonyl (C=O) groups excluding carboxylic acids is 5. The molecule has 2 rings (SSSR count). The molecule has 0 aliphatic carbocycles. The summed E-state index contributed by atoms with van der Waals surface area (Å²) in [6, 6.07) is 2.10. The molecule has 0 radical (unpaired) electrons. The van der Waals surface area contributed by atoms with Crippen LogP contribution in [0.1, 0.15) is 39.2 Å². The highest BCUT2D eigenvalue weighted by Crippen LogP contribution is 2.17. The van der Waals surface area contributed by atoms with E-state index in [0.717, 1.165) is 0 Å². The number of likely N-dealkylation sites (tertiary alicyclic amines) is 1. The van der Waals surface area contributed by atoms with E-state index in [-0.39, 0.29) is 12.2 Å². The third kappa shape index (κ3) is 8.78. The Balaban J connectivity index is 1.86. The highest BCUT2D eigenvalue weighted by Gasteiger charge is 2.34. The largest absolute Gasteiger partial charge is 0.508 e. The van der Waals surface area contributed by atoms with Crippen LogP contribution in [0.4, 0.5) is 0 Å². The molecule has 0 aromatic heterocycles. The summed E-state index contributed by atoms with van der Waals surface area (Å²) in [6.45, 7) is 3.94. The van der Waals surface area contributed by atoms with Crippen molar-refractivity contribution in [3.05, 3.63) is 29.8 Å². The topological polar surface area (TPSA) is 194 Å². The normalized spacial score (nSPS) is 17.2. The predicted octanol–water partition coefficient (Wildman–Crippen LogP) is -1.36. The summed E-state index contributed by atoms with van der Waals surface area (Å²) in [5.74, 6) is -3.97. The Morgan fingerprint density at radius 3 is 2.14 bits per heavy atom. The molecule has 0 bridgehead atoms. The van der Waals surface area contributed by atoms with E-state index in [0.29, 0.717) is 24.9 Å². The number of phenols is 1. The molecule has 4 atom stereocenters. The van der Waals surface area contributed by atoms with E-state index < -0.39 is 66.2 Å². The van der Waals surface area contributed by atoms with Crippen molar-refractivity contribution in [2.24, 2.45) is 0 Å². The molecule has 1 aromatic carbocycles. The number of aliphatic carboxylic acids is 1. The van der Waals surface area contributed by atoms with Gasteiger partial charge in [0.05, 0.1) is 6.54 Å². The van der Waals surface area contributed by atoms with Gasteiger partial charge >= 0.3 is 5.97 Å². The smallest absolute Gasteiger partial charge is 0.326 e. The van der Waals surface area contributed by atoms with E-state index in [2.05, 4.69) is 21.3 Å². The number of benzene rings is 1. The number of nitrogens with zero attached hydrogens (tertiary/aromatic N) is 1. The van der Waals surface area contributed by atoms with Gasteiger partial charge in [0, 0.05) is 19.9 Å². The zero-order valence-electron chi connectivity index (χ0n) is 20.9. The molecule has 13 nitrogen and oxygen atoms in total. The van der Waals surface area contributed by atoms with E-state index in [4.69, 9.17) is 0 Å². The average Bonchev–Trinajstić information content (AvgIpc) is 3.33. The Morgan fingerprint density at radius 2 is 1.54 bits per heavy atom. The highest BCUT2D eigenvalue weighted by atomic mass is 16.4. The van der Waals surface area contributed by atoms with Crippen molar-refractivity contribution in [1.29, 1.82) is 0 Å². The predicted molar refractivity (Wildman–Crippen MR) is 130 cm³/mol. The fourth-order valence-corrected chi connectivity index (χ4v) is 3.85. The van der Waals surface area contributed by atoms with Crippen LogP contribution in [0.2, 0.25) is 0 Å². The number of carbonyl (C=O) groups is 6. The second-order valence-electron chi connectivity index (χ2n) is 8.89. The fourth-order valence-electron chi connectivity index (χ4n) is 3.85. The lowest BCUT2D eigenvalue weighted by molar-refractivity contribution is -0.148. The summed E-state index contributed by atoms with van der Waals surface area (Å²) in [5, 5.41) is 28.4. The minimum absolute atomic E-state index is 0.0533. The number of hydrogen-bond acceptors (Lipinski definition) is 7. The number of carboxylic acids is 1. The first-order valence-electron chi connectivity index (χ1n) is 11.8. The van der Waals surface area contributed by atoms with Crippen LogP contribution in [-0.2, 0) is 35.2 Å². The lowest BCUT2D eigenvalue weighted by atomic mass is 10.0. The zero-order chi connectivity index (χ0) is 27.7. The third-order valence-electron chi connectivity index (χ3n) is 5.85. The van der Waals surface area contributed by atoms with Crippen LogP contribution < -0.4 is 21.3 Å². The van der Waals surface area contributed by atoms with Gasteiger partial charge in [-0.1, -0.05) is 12.1 Å². The van der Waals surface area contributed by atoms with Crippen LogP contribution in [0.25, 0.3) is 0 Å². The SMILES string of the molecule is CC(=O)N[C@@H](Cc1ccc(O)cc1)C(=O)N[C@@H](C)C(=O)N[C@@H](C)C(=O)NCC(=O)N1CCC[C@H]1C(=O)O. The zero-order valence-corrected chi connectivity index (χ0v) is 20.9. The number of carboxylic acid groups (broad SMARTS) is 1. The second-order valence-corrected chi connectivity index (χ2v) is 8.89. The standard InChI is InChI=1S/C24H33N5O8/c1-13(21(33)25-12-20(32)29-10-4-5-19(29)24(36)37)26-22(34)14(2)27-23(35)18(28-15(3)30)11-16-6-8-17(31)9-7-16/h6-9,13-14,18-19,31H,4-5,10-12H2,1-3H3,(H,25,33)(H,26,34)(H,27,35)(H,28,30)(H,36,37)/t13-,14-,18-,19-/m0/s1. The number of hydrogen-bond donors (Lipinski definition) is 6. The molecule has 1 aliphatic rings. The summed E-state index contributed by atoms with van der Waals surface area (Å²) >= 11 is 0. The molecular weight excluding hydrogens is 486 g/mol. The maximum Gasteiger partial charge on any atom is 0.326 e. The molecule has 1 saturated heterocycles. The summed E-state index contributed by atoms with van der Waals surface area (Å²) in [6.07, 6.45) is 1.03. The minimum Gasteiger partial charge on any atom is -0.508 e. The first-order chi connectivity index (χ1) is 17.4. The van der Waals surface area contributed by atoms with Gasteiger partial charge in [-0.2, -0.15) is 0 Å². The lowest BCUT2D eigenvalue weighted by Gasteiger charge is -2.23. The minimum atomic E-state index is -1.10. The lowest BCUT2D eigenvalue weighted by Crippen LogP contribution is -2.56. The van der Waals surface area contributed by atoms with E-state index >= 15 is 0 Å². The number of phenolic OH excluding ortho intramolecular Hbond substituents is 1. The maximum absolute atomic E-state index is 12.7. The third-order valence-corrected chi connectivity index (χ3v) is 5.85. The van der Waals surface area contributed by atoms with Crippen LogP contribution >= 0.6 is 0 Å². The fraction of sp³-hybridized carbons (Fsp3) is 0.500. The van der Waals surface area contributed by atoms with Gasteiger partial charge in [0.1, 0.15) is 29.9 Å². The Labute approximate surface area is 214 Å². The van der Waals surface area contributed by atoms with Gasteiger partial charge in [-0.15, -0.1) is 0 Å². The van der Waals surface area contributed by atoms with Crippen molar-refractivity contribution >= 4 is 35.5 Å². The van der Waals surface area contributed by atoms with Gasteiger partial charge in [0.2, 0.25) is 29.5 Å². The monoisotopic (exact) mass is 519 g/mol. The molecule has 1 fully saturated rings. The molecule has 202 valence electrons. The average molecular weight is 520 g/mol. The van der Waals surface area contributed by atoms with Crippen LogP contribution in [0.15, 0.2) is 24.3 Å². The van der Waals surface area contributed by atoms with Crippen LogP contribution in [0.3, 0.4) is 0 Å².